The van der Waals surface area contributed by atoms with E-state index >= 15 is 0 Å². The Kier molecular flexibility index (Phi) is 6.98. The molecule has 2 N–H and O–H groups in total. The number of amides is 1. The van der Waals surface area contributed by atoms with E-state index in [0.717, 1.165) is 5.82 Å². The fourth-order valence-corrected chi connectivity index (χ4v) is 3.87. The summed E-state index contributed by atoms with van der Waals surface area (Å²) in [4.78, 5) is 16.8. The van der Waals surface area contributed by atoms with Gasteiger partial charge in [-0.15, -0.1) is 0 Å². The third-order valence-corrected chi connectivity index (χ3v) is 5.63. The van der Waals surface area contributed by atoms with Gasteiger partial charge in [-0.05, 0) is 30.2 Å². The minimum absolute atomic E-state index is 0.0785. The van der Waals surface area contributed by atoms with Crippen molar-refractivity contribution in [2.75, 3.05) is 13.7 Å². The van der Waals surface area contributed by atoms with Gasteiger partial charge in [0.15, 0.2) is 0 Å². The Morgan fingerprint density at radius 1 is 1.26 bits per heavy atom. The molecule has 1 atom stereocenters. The normalized spacial score (nSPS) is 12.8. The SMILES string of the molecule is COc1ccc(S(=O)(=O)N[C@H](C(=O)NCCc2nccn2C)C(C)C)cc1. The van der Waals surface area contributed by atoms with Gasteiger partial charge < -0.3 is 14.6 Å². The summed E-state index contributed by atoms with van der Waals surface area (Å²) in [6.45, 7) is 3.95. The second-order valence-corrected chi connectivity index (χ2v) is 8.23. The number of imidazole rings is 1. The molecule has 0 fully saturated rings. The molecule has 27 heavy (non-hydrogen) atoms. The first-order chi connectivity index (χ1) is 12.7. The Hall–Kier alpha value is -2.39. The van der Waals surface area contributed by atoms with Gasteiger partial charge in [-0.3, -0.25) is 4.79 Å². The van der Waals surface area contributed by atoms with Crippen molar-refractivity contribution in [3.63, 3.8) is 0 Å². The molecule has 0 aliphatic rings. The third-order valence-electron chi connectivity index (χ3n) is 4.17. The molecule has 1 aromatic carbocycles. The van der Waals surface area contributed by atoms with Crippen molar-refractivity contribution in [2.24, 2.45) is 13.0 Å². The molecule has 0 spiro atoms. The van der Waals surface area contributed by atoms with Crippen LogP contribution in [0.3, 0.4) is 0 Å². The molecule has 1 heterocycles. The van der Waals surface area contributed by atoms with Crippen LogP contribution in [-0.2, 0) is 28.3 Å². The van der Waals surface area contributed by atoms with Crippen LogP contribution in [0.1, 0.15) is 19.7 Å². The number of carbonyl (C=O) groups excluding carboxylic acids is 1. The van der Waals surface area contributed by atoms with E-state index in [2.05, 4.69) is 15.0 Å². The van der Waals surface area contributed by atoms with Crippen molar-refractivity contribution in [1.82, 2.24) is 19.6 Å². The second-order valence-electron chi connectivity index (χ2n) is 6.51. The molecule has 2 rings (SSSR count). The molecule has 1 amide bonds. The molecule has 1 aromatic heterocycles. The summed E-state index contributed by atoms with van der Waals surface area (Å²) < 4.78 is 34.6. The van der Waals surface area contributed by atoms with Gasteiger partial charge in [-0.1, -0.05) is 13.8 Å². The standard InChI is InChI=1S/C18H26N4O4S/c1-13(2)17(18(23)20-10-9-16-19-11-12-22(16)3)21-27(24,25)15-7-5-14(26-4)6-8-15/h5-8,11-13,17,21H,9-10H2,1-4H3,(H,20,23)/t17-/m0/s1. The first-order valence-electron chi connectivity index (χ1n) is 8.65. The number of sulfonamides is 1. The number of methoxy groups -OCH3 is 1. The van der Waals surface area contributed by atoms with Crippen molar-refractivity contribution in [2.45, 2.75) is 31.2 Å². The maximum Gasteiger partial charge on any atom is 0.241 e. The van der Waals surface area contributed by atoms with E-state index in [0.29, 0.717) is 18.7 Å². The molecule has 0 saturated carbocycles. The number of aryl methyl sites for hydroxylation is 1. The Morgan fingerprint density at radius 3 is 2.44 bits per heavy atom. The van der Waals surface area contributed by atoms with Gasteiger partial charge in [-0.2, -0.15) is 4.72 Å². The number of nitrogens with zero attached hydrogens (tertiary/aromatic N) is 2. The summed E-state index contributed by atoms with van der Waals surface area (Å²) >= 11 is 0. The largest absolute Gasteiger partial charge is 0.497 e. The fourth-order valence-electron chi connectivity index (χ4n) is 2.53. The summed E-state index contributed by atoms with van der Waals surface area (Å²) in [7, 11) is -0.447. The Balaban J connectivity index is 2.02. The van der Waals surface area contributed by atoms with E-state index in [9.17, 15) is 13.2 Å². The molecule has 0 aliphatic carbocycles. The van der Waals surface area contributed by atoms with Gasteiger partial charge in [0.05, 0.1) is 12.0 Å². The Morgan fingerprint density at radius 2 is 1.93 bits per heavy atom. The summed E-state index contributed by atoms with van der Waals surface area (Å²) in [6, 6.07) is 5.13. The molecule has 8 nitrogen and oxygen atoms in total. The average molecular weight is 394 g/mol. The second kappa shape index (κ2) is 9.01. The quantitative estimate of drug-likeness (QED) is 0.663. The highest BCUT2D eigenvalue weighted by molar-refractivity contribution is 7.89. The van der Waals surface area contributed by atoms with Crippen LogP contribution in [0, 0.1) is 5.92 Å². The first-order valence-corrected chi connectivity index (χ1v) is 10.1. The van der Waals surface area contributed by atoms with Crippen LogP contribution >= 0.6 is 0 Å². The van der Waals surface area contributed by atoms with E-state index in [1.807, 2.05) is 17.8 Å². The van der Waals surface area contributed by atoms with Gasteiger partial charge in [0.1, 0.15) is 17.6 Å². The lowest BCUT2D eigenvalue weighted by molar-refractivity contribution is -0.123. The molecule has 0 radical (unpaired) electrons. The maximum absolute atomic E-state index is 12.6. The number of benzene rings is 1. The van der Waals surface area contributed by atoms with Gasteiger partial charge in [-0.25, -0.2) is 13.4 Å². The average Bonchev–Trinajstić information content (AvgIpc) is 3.04. The first kappa shape index (κ1) is 20.9. The molecular weight excluding hydrogens is 368 g/mol. The highest BCUT2D eigenvalue weighted by Gasteiger charge is 2.28. The van der Waals surface area contributed by atoms with Gasteiger partial charge >= 0.3 is 0 Å². The number of rotatable bonds is 9. The number of nitrogens with one attached hydrogen (secondary N) is 2. The summed E-state index contributed by atoms with van der Waals surface area (Å²) in [5, 5.41) is 2.78. The zero-order chi connectivity index (χ0) is 20.0. The fraction of sp³-hybridized carbons (Fsp3) is 0.444. The topological polar surface area (TPSA) is 102 Å². The van der Waals surface area contributed by atoms with E-state index in [4.69, 9.17) is 4.74 Å². The highest BCUT2D eigenvalue weighted by atomic mass is 32.2. The molecule has 9 heteroatoms. The minimum atomic E-state index is -3.83. The molecular formula is C18H26N4O4S. The monoisotopic (exact) mass is 394 g/mol. The lowest BCUT2D eigenvalue weighted by Gasteiger charge is -2.21. The number of hydrogen-bond acceptors (Lipinski definition) is 5. The van der Waals surface area contributed by atoms with Gasteiger partial charge in [0.2, 0.25) is 15.9 Å². The third kappa shape index (κ3) is 5.54. The van der Waals surface area contributed by atoms with Crippen LogP contribution in [0.5, 0.6) is 5.75 Å². The van der Waals surface area contributed by atoms with Crippen molar-refractivity contribution < 1.29 is 17.9 Å². The van der Waals surface area contributed by atoms with E-state index in [1.54, 1.807) is 32.2 Å². The number of aromatic nitrogens is 2. The van der Waals surface area contributed by atoms with Gasteiger partial charge in [0, 0.05) is 32.4 Å². The van der Waals surface area contributed by atoms with Crippen LogP contribution in [-0.4, -0.2) is 43.6 Å². The van der Waals surface area contributed by atoms with Crippen molar-refractivity contribution in [1.29, 1.82) is 0 Å². The number of ether oxygens (including phenoxy) is 1. The predicted octanol–water partition coefficient (Wildman–Crippen LogP) is 1.09. The Bertz CT molecular complexity index is 860. The Labute approximate surface area is 160 Å². The molecule has 0 aliphatic heterocycles. The number of carbonyl (C=O) groups is 1. The lowest BCUT2D eigenvalue weighted by Crippen LogP contribution is -2.50. The van der Waals surface area contributed by atoms with Crippen LogP contribution in [0.2, 0.25) is 0 Å². The molecule has 2 aromatic rings. The van der Waals surface area contributed by atoms with Crippen molar-refractivity contribution >= 4 is 15.9 Å². The summed E-state index contributed by atoms with van der Waals surface area (Å²) in [6.07, 6.45) is 4.08. The zero-order valence-corrected chi connectivity index (χ0v) is 16.8. The van der Waals surface area contributed by atoms with Crippen LogP contribution in [0.4, 0.5) is 0 Å². The lowest BCUT2D eigenvalue weighted by atomic mass is 10.1. The van der Waals surface area contributed by atoms with Crippen LogP contribution in [0.25, 0.3) is 0 Å². The molecule has 0 saturated heterocycles. The molecule has 148 valence electrons. The summed E-state index contributed by atoms with van der Waals surface area (Å²) in [5.41, 5.74) is 0. The molecule has 0 unspecified atom stereocenters. The van der Waals surface area contributed by atoms with Crippen LogP contribution < -0.4 is 14.8 Å². The smallest absolute Gasteiger partial charge is 0.241 e. The maximum atomic E-state index is 12.6. The number of hydrogen-bond donors (Lipinski definition) is 2. The van der Waals surface area contributed by atoms with Crippen molar-refractivity contribution in [3.05, 3.63) is 42.5 Å². The van der Waals surface area contributed by atoms with E-state index in [-0.39, 0.29) is 16.7 Å². The highest BCUT2D eigenvalue weighted by Crippen LogP contribution is 2.16. The molecule has 0 bridgehead atoms. The minimum Gasteiger partial charge on any atom is -0.497 e. The van der Waals surface area contributed by atoms with Crippen LogP contribution in [0.15, 0.2) is 41.6 Å². The van der Waals surface area contributed by atoms with Gasteiger partial charge in [0.25, 0.3) is 0 Å². The summed E-state index contributed by atoms with van der Waals surface area (Å²) in [5.74, 6) is 0.819. The predicted molar refractivity (Wildman–Crippen MR) is 102 cm³/mol. The zero-order valence-electron chi connectivity index (χ0n) is 16.0. The van der Waals surface area contributed by atoms with Crippen molar-refractivity contribution in [3.8, 4) is 5.75 Å². The van der Waals surface area contributed by atoms with E-state index in [1.165, 1.54) is 19.2 Å². The van der Waals surface area contributed by atoms with E-state index < -0.39 is 16.1 Å².